The van der Waals surface area contributed by atoms with E-state index < -0.39 is 0 Å². The van der Waals surface area contributed by atoms with E-state index in [2.05, 4.69) is 17.1 Å². The number of unbranched alkanes of at least 4 members (excludes halogenated alkanes) is 1. The van der Waals surface area contributed by atoms with Crippen LogP contribution in [0.5, 0.6) is 0 Å². The van der Waals surface area contributed by atoms with Crippen LogP contribution in [0, 0.1) is 0 Å². The van der Waals surface area contributed by atoms with Crippen LogP contribution in [0.4, 0.5) is 0 Å². The van der Waals surface area contributed by atoms with Crippen molar-refractivity contribution in [2.45, 2.75) is 31.5 Å². The Morgan fingerprint density at radius 2 is 2.04 bits per heavy atom. The SMILES string of the molecule is CCCCOC(=O)CSc1nnc(-c2ccco2)n1Cc1ccccc1. The number of rotatable bonds is 9. The van der Waals surface area contributed by atoms with Gasteiger partial charge in [0.2, 0.25) is 5.82 Å². The van der Waals surface area contributed by atoms with Crippen LogP contribution < -0.4 is 0 Å². The summed E-state index contributed by atoms with van der Waals surface area (Å²) in [4.78, 5) is 11.9. The maximum absolute atomic E-state index is 11.9. The Morgan fingerprint density at radius 1 is 1.19 bits per heavy atom. The van der Waals surface area contributed by atoms with Crippen molar-refractivity contribution in [1.82, 2.24) is 14.8 Å². The standard InChI is InChI=1S/C19H21N3O3S/c1-2-3-11-25-17(23)14-26-19-21-20-18(16-10-7-12-24-16)22(19)13-15-8-5-4-6-9-15/h4-10,12H,2-3,11,13-14H2,1H3. The summed E-state index contributed by atoms with van der Waals surface area (Å²) in [6.45, 7) is 3.12. The van der Waals surface area contributed by atoms with Gasteiger partial charge in [-0.3, -0.25) is 9.36 Å². The molecule has 0 aliphatic carbocycles. The molecule has 0 saturated heterocycles. The maximum Gasteiger partial charge on any atom is 0.316 e. The zero-order valence-electron chi connectivity index (χ0n) is 14.6. The molecule has 0 fully saturated rings. The summed E-state index contributed by atoms with van der Waals surface area (Å²) in [5.41, 5.74) is 1.12. The van der Waals surface area contributed by atoms with Gasteiger partial charge in [-0.1, -0.05) is 55.4 Å². The summed E-state index contributed by atoms with van der Waals surface area (Å²) in [7, 11) is 0. The fourth-order valence-electron chi connectivity index (χ4n) is 2.39. The Morgan fingerprint density at radius 3 is 2.77 bits per heavy atom. The Kier molecular flexibility index (Phi) is 6.49. The van der Waals surface area contributed by atoms with E-state index in [-0.39, 0.29) is 11.7 Å². The second-order valence-electron chi connectivity index (χ2n) is 5.72. The van der Waals surface area contributed by atoms with Crippen molar-refractivity contribution in [3.05, 3.63) is 54.3 Å². The van der Waals surface area contributed by atoms with Gasteiger partial charge >= 0.3 is 5.97 Å². The average molecular weight is 371 g/mol. The fraction of sp³-hybridized carbons (Fsp3) is 0.316. The van der Waals surface area contributed by atoms with Gasteiger partial charge < -0.3 is 9.15 Å². The Balaban J connectivity index is 1.75. The van der Waals surface area contributed by atoms with Gasteiger partial charge in [0.15, 0.2) is 10.9 Å². The molecule has 6 nitrogen and oxygen atoms in total. The summed E-state index contributed by atoms with van der Waals surface area (Å²) < 4.78 is 12.6. The van der Waals surface area contributed by atoms with E-state index in [0.717, 1.165) is 18.4 Å². The largest absolute Gasteiger partial charge is 0.465 e. The molecule has 0 atom stereocenters. The lowest BCUT2D eigenvalue weighted by molar-refractivity contribution is -0.140. The average Bonchev–Trinajstić information content (AvgIpc) is 3.31. The molecule has 2 aromatic heterocycles. The lowest BCUT2D eigenvalue weighted by atomic mass is 10.2. The van der Waals surface area contributed by atoms with E-state index in [0.29, 0.717) is 29.9 Å². The molecule has 26 heavy (non-hydrogen) atoms. The first-order valence-corrected chi connectivity index (χ1v) is 9.56. The molecule has 3 rings (SSSR count). The zero-order valence-corrected chi connectivity index (χ0v) is 15.4. The number of hydrogen-bond acceptors (Lipinski definition) is 6. The molecular formula is C19H21N3O3S. The lowest BCUT2D eigenvalue weighted by Gasteiger charge is -2.09. The van der Waals surface area contributed by atoms with Gasteiger partial charge in [-0.05, 0) is 24.1 Å². The molecule has 0 saturated carbocycles. The van der Waals surface area contributed by atoms with Crippen molar-refractivity contribution in [3.63, 3.8) is 0 Å². The van der Waals surface area contributed by atoms with Crippen LogP contribution in [-0.2, 0) is 16.1 Å². The summed E-state index contributed by atoms with van der Waals surface area (Å²) in [5, 5.41) is 9.16. The molecule has 3 aromatic rings. The van der Waals surface area contributed by atoms with Gasteiger partial charge in [-0.2, -0.15) is 0 Å². The summed E-state index contributed by atoms with van der Waals surface area (Å²) in [5.74, 6) is 1.25. The second-order valence-corrected chi connectivity index (χ2v) is 6.66. The molecule has 0 N–H and O–H groups in total. The van der Waals surface area contributed by atoms with Crippen molar-refractivity contribution in [1.29, 1.82) is 0 Å². The monoisotopic (exact) mass is 371 g/mol. The number of hydrogen-bond donors (Lipinski definition) is 0. The van der Waals surface area contributed by atoms with Gasteiger partial charge in [0.25, 0.3) is 0 Å². The molecule has 0 amide bonds. The maximum atomic E-state index is 11.9. The van der Waals surface area contributed by atoms with Gasteiger partial charge in [0.1, 0.15) is 0 Å². The zero-order chi connectivity index (χ0) is 18.2. The van der Waals surface area contributed by atoms with Gasteiger partial charge in [0, 0.05) is 0 Å². The first-order valence-electron chi connectivity index (χ1n) is 8.57. The third kappa shape index (κ3) is 4.76. The highest BCUT2D eigenvalue weighted by molar-refractivity contribution is 7.99. The first kappa shape index (κ1) is 18.3. The molecule has 7 heteroatoms. The van der Waals surface area contributed by atoms with Crippen molar-refractivity contribution in [3.8, 4) is 11.6 Å². The first-order chi connectivity index (χ1) is 12.8. The molecule has 0 aliphatic heterocycles. The van der Waals surface area contributed by atoms with Crippen LogP contribution in [0.1, 0.15) is 25.3 Å². The summed E-state index contributed by atoms with van der Waals surface area (Å²) in [6, 6.07) is 13.7. The molecular weight excluding hydrogens is 350 g/mol. The van der Waals surface area contributed by atoms with Crippen LogP contribution in [0.15, 0.2) is 58.3 Å². The second kappa shape index (κ2) is 9.24. The number of ether oxygens (including phenoxy) is 1. The van der Waals surface area contributed by atoms with Crippen molar-refractivity contribution in [2.24, 2.45) is 0 Å². The number of carbonyl (C=O) groups is 1. The number of benzene rings is 1. The predicted molar refractivity (Wildman–Crippen MR) is 99.9 cm³/mol. The highest BCUT2D eigenvalue weighted by atomic mass is 32.2. The van der Waals surface area contributed by atoms with E-state index in [9.17, 15) is 4.79 Å². The highest BCUT2D eigenvalue weighted by Gasteiger charge is 2.18. The van der Waals surface area contributed by atoms with E-state index in [1.807, 2.05) is 47.0 Å². The minimum absolute atomic E-state index is 0.203. The molecule has 0 unspecified atom stereocenters. The van der Waals surface area contributed by atoms with Gasteiger partial charge in [-0.25, -0.2) is 0 Å². The Labute approximate surface area is 156 Å². The van der Waals surface area contributed by atoms with E-state index >= 15 is 0 Å². The number of aromatic nitrogens is 3. The third-order valence-corrected chi connectivity index (χ3v) is 4.66. The number of furan rings is 1. The minimum Gasteiger partial charge on any atom is -0.465 e. The third-order valence-electron chi connectivity index (χ3n) is 3.72. The normalized spacial score (nSPS) is 10.8. The number of nitrogens with zero attached hydrogens (tertiary/aromatic N) is 3. The Hall–Kier alpha value is -2.54. The molecule has 0 radical (unpaired) electrons. The van der Waals surface area contributed by atoms with Gasteiger partial charge in [0.05, 0.1) is 25.2 Å². The fourth-order valence-corrected chi connectivity index (χ4v) is 3.12. The minimum atomic E-state index is -0.239. The lowest BCUT2D eigenvalue weighted by Crippen LogP contribution is -2.10. The van der Waals surface area contributed by atoms with Crippen molar-refractivity contribution < 1.29 is 13.9 Å². The molecule has 1 aromatic carbocycles. The molecule has 0 spiro atoms. The van der Waals surface area contributed by atoms with Crippen LogP contribution in [0.25, 0.3) is 11.6 Å². The molecule has 0 bridgehead atoms. The van der Waals surface area contributed by atoms with Crippen molar-refractivity contribution >= 4 is 17.7 Å². The van der Waals surface area contributed by atoms with Crippen LogP contribution in [0.3, 0.4) is 0 Å². The molecule has 136 valence electrons. The number of thioether (sulfide) groups is 1. The topological polar surface area (TPSA) is 70.2 Å². The van der Waals surface area contributed by atoms with E-state index in [4.69, 9.17) is 9.15 Å². The van der Waals surface area contributed by atoms with Gasteiger partial charge in [-0.15, -0.1) is 10.2 Å². The predicted octanol–water partition coefficient (Wildman–Crippen LogP) is 4.02. The van der Waals surface area contributed by atoms with Crippen LogP contribution in [0.2, 0.25) is 0 Å². The smallest absolute Gasteiger partial charge is 0.316 e. The van der Waals surface area contributed by atoms with Crippen LogP contribution >= 0.6 is 11.8 Å². The highest BCUT2D eigenvalue weighted by Crippen LogP contribution is 2.25. The van der Waals surface area contributed by atoms with Crippen molar-refractivity contribution in [2.75, 3.05) is 12.4 Å². The molecule has 0 aliphatic rings. The number of carbonyl (C=O) groups excluding carboxylic acids is 1. The molecule has 2 heterocycles. The van der Waals surface area contributed by atoms with E-state index in [1.165, 1.54) is 11.8 Å². The summed E-state index contributed by atoms with van der Waals surface area (Å²) in [6.07, 6.45) is 3.48. The summed E-state index contributed by atoms with van der Waals surface area (Å²) >= 11 is 1.32. The van der Waals surface area contributed by atoms with Crippen LogP contribution in [-0.4, -0.2) is 33.1 Å². The Bertz CT molecular complexity index is 816. The number of esters is 1. The van der Waals surface area contributed by atoms with E-state index in [1.54, 1.807) is 6.26 Å². The quantitative estimate of drug-likeness (QED) is 0.321.